The van der Waals surface area contributed by atoms with Crippen molar-refractivity contribution in [3.63, 3.8) is 0 Å². The SMILES string of the molecule is Cc1cc(Nc2cc(NCCN3CCOCC3)nc(Sc3ccc(CC(=O)C4CC4)cc3)n2)n[nH]1. The van der Waals surface area contributed by atoms with E-state index in [-0.39, 0.29) is 0 Å². The lowest BCUT2D eigenvalue weighted by Gasteiger charge is -2.26. The predicted molar refractivity (Wildman–Crippen MR) is 136 cm³/mol. The topological polar surface area (TPSA) is 108 Å². The van der Waals surface area contributed by atoms with Gasteiger partial charge in [0.2, 0.25) is 0 Å². The summed E-state index contributed by atoms with van der Waals surface area (Å²) in [4.78, 5) is 25.0. The second-order valence-electron chi connectivity index (χ2n) is 9.03. The Balaban J connectivity index is 1.26. The van der Waals surface area contributed by atoms with Crippen LogP contribution in [0.15, 0.2) is 46.5 Å². The molecule has 0 unspecified atom stereocenters. The zero-order valence-corrected chi connectivity index (χ0v) is 20.7. The van der Waals surface area contributed by atoms with Crippen LogP contribution in [-0.4, -0.2) is 70.2 Å². The predicted octanol–water partition coefficient (Wildman–Crippen LogP) is 3.67. The van der Waals surface area contributed by atoms with Gasteiger partial charge in [-0.2, -0.15) is 5.10 Å². The standard InChI is InChI=1S/C25H31N7O2S/c1-17-14-24(31-30-17)27-23-16-22(26-8-9-32-10-12-34-13-11-32)28-25(29-23)35-20-6-2-18(3-7-20)15-21(33)19-4-5-19/h2-3,6-7,14,16,19H,4-5,8-13,15H2,1H3,(H3,26,27,28,29,30,31). The highest BCUT2D eigenvalue weighted by Gasteiger charge is 2.29. The van der Waals surface area contributed by atoms with E-state index < -0.39 is 0 Å². The number of benzene rings is 1. The maximum Gasteiger partial charge on any atom is 0.196 e. The van der Waals surface area contributed by atoms with Crippen molar-refractivity contribution in [2.45, 2.75) is 36.2 Å². The first kappa shape index (κ1) is 23.8. The molecular formula is C25H31N7O2S. The molecule has 9 nitrogen and oxygen atoms in total. The Morgan fingerprint density at radius 2 is 1.89 bits per heavy atom. The molecule has 1 saturated carbocycles. The van der Waals surface area contributed by atoms with Gasteiger partial charge in [0.1, 0.15) is 17.4 Å². The normalized spacial score (nSPS) is 16.3. The fourth-order valence-electron chi connectivity index (χ4n) is 3.94. The van der Waals surface area contributed by atoms with Crippen LogP contribution in [0.4, 0.5) is 17.5 Å². The van der Waals surface area contributed by atoms with E-state index >= 15 is 0 Å². The Morgan fingerprint density at radius 1 is 1.11 bits per heavy atom. The molecule has 2 fully saturated rings. The van der Waals surface area contributed by atoms with Crippen LogP contribution in [0.25, 0.3) is 0 Å². The zero-order chi connectivity index (χ0) is 24.0. The molecule has 3 N–H and O–H groups in total. The van der Waals surface area contributed by atoms with Crippen molar-refractivity contribution in [3.05, 3.63) is 47.7 Å². The number of nitrogens with one attached hydrogen (secondary N) is 3. The van der Waals surface area contributed by atoms with Gasteiger partial charge in [-0.15, -0.1) is 0 Å². The van der Waals surface area contributed by atoms with Gasteiger partial charge >= 0.3 is 0 Å². The van der Waals surface area contributed by atoms with Gasteiger partial charge in [0.25, 0.3) is 0 Å². The number of hydrogen-bond acceptors (Lipinski definition) is 9. The molecular weight excluding hydrogens is 462 g/mol. The van der Waals surface area contributed by atoms with Crippen molar-refractivity contribution in [2.75, 3.05) is 50.0 Å². The van der Waals surface area contributed by atoms with Crippen LogP contribution in [-0.2, 0) is 16.0 Å². The van der Waals surface area contributed by atoms with Gasteiger partial charge in [-0.25, -0.2) is 9.97 Å². The van der Waals surface area contributed by atoms with Gasteiger partial charge in [-0.1, -0.05) is 12.1 Å². The molecule has 0 bridgehead atoms. The lowest BCUT2D eigenvalue weighted by Crippen LogP contribution is -2.39. The third kappa shape index (κ3) is 7.03. The number of aryl methyl sites for hydroxylation is 1. The maximum atomic E-state index is 12.1. The van der Waals surface area contributed by atoms with Gasteiger partial charge in [-0.05, 0) is 49.2 Å². The highest BCUT2D eigenvalue weighted by Crippen LogP contribution is 2.32. The average molecular weight is 494 g/mol. The van der Waals surface area contributed by atoms with Crippen molar-refractivity contribution >= 4 is 35.0 Å². The molecule has 0 spiro atoms. The van der Waals surface area contributed by atoms with Gasteiger partial charge in [0.05, 0.1) is 13.2 Å². The number of aromatic amines is 1. The largest absolute Gasteiger partial charge is 0.379 e. The van der Waals surface area contributed by atoms with Crippen LogP contribution in [0.5, 0.6) is 0 Å². The quantitative estimate of drug-likeness (QED) is 0.345. The van der Waals surface area contributed by atoms with Gasteiger partial charge in [-0.3, -0.25) is 14.8 Å². The van der Waals surface area contributed by atoms with Crippen molar-refractivity contribution < 1.29 is 9.53 Å². The summed E-state index contributed by atoms with van der Waals surface area (Å²) in [6.45, 7) is 7.17. The Bertz CT molecular complexity index is 1140. The minimum Gasteiger partial charge on any atom is -0.379 e. The first-order chi connectivity index (χ1) is 17.1. The molecule has 3 aromatic rings. The first-order valence-corrected chi connectivity index (χ1v) is 12.9. The van der Waals surface area contributed by atoms with Crippen LogP contribution in [0, 0.1) is 12.8 Å². The lowest BCUT2D eigenvalue weighted by molar-refractivity contribution is -0.119. The number of carbonyl (C=O) groups excluding carboxylic acids is 1. The van der Waals surface area contributed by atoms with E-state index in [9.17, 15) is 4.79 Å². The number of ketones is 1. The van der Waals surface area contributed by atoms with E-state index in [1.165, 1.54) is 11.8 Å². The molecule has 1 aliphatic heterocycles. The number of carbonyl (C=O) groups is 1. The average Bonchev–Trinajstić information content (AvgIpc) is 3.63. The number of aromatic nitrogens is 4. The zero-order valence-electron chi connectivity index (χ0n) is 19.9. The molecule has 0 radical (unpaired) electrons. The van der Waals surface area contributed by atoms with Crippen LogP contribution < -0.4 is 10.6 Å². The third-order valence-electron chi connectivity index (χ3n) is 6.05. The molecule has 1 aliphatic carbocycles. The highest BCUT2D eigenvalue weighted by atomic mass is 32.2. The van der Waals surface area contributed by atoms with E-state index in [0.29, 0.717) is 34.9 Å². The molecule has 3 heterocycles. The molecule has 0 amide bonds. The van der Waals surface area contributed by atoms with Crippen molar-refractivity contribution in [3.8, 4) is 0 Å². The summed E-state index contributed by atoms with van der Waals surface area (Å²) in [6, 6.07) is 12.0. The Hall–Kier alpha value is -2.95. The van der Waals surface area contributed by atoms with Gasteiger partial charge in [0.15, 0.2) is 11.0 Å². The summed E-state index contributed by atoms with van der Waals surface area (Å²) in [5.41, 5.74) is 2.03. The van der Waals surface area contributed by atoms with Gasteiger partial charge < -0.3 is 15.4 Å². The number of anilines is 3. The number of H-pyrrole nitrogens is 1. The molecule has 1 saturated heterocycles. The molecule has 10 heteroatoms. The number of rotatable bonds is 11. The molecule has 0 atom stereocenters. The Labute approximate surface area is 209 Å². The number of Topliss-reactive ketones (excluding diaryl/α,β-unsaturated/α-hetero) is 1. The number of hydrogen-bond donors (Lipinski definition) is 3. The molecule has 2 aliphatic rings. The van der Waals surface area contributed by atoms with Crippen LogP contribution in [0.1, 0.15) is 24.1 Å². The second kappa shape index (κ2) is 11.2. The van der Waals surface area contributed by atoms with Crippen molar-refractivity contribution in [1.82, 2.24) is 25.1 Å². The maximum absolute atomic E-state index is 12.1. The van der Waals surface area contributed by atoms with Gasteiger partial charge in [0, 0.05) is 61.2 Å². The number of morpholine rings is 1. The number of nitrogens with zero attached hydrogens (tertiary/aromatic N) is 4. The highest BCUT2D eigenvalue weighted by molar-refractivity contribution is 7.99. The van der Waals surface area contributed by atoms with E-state index in [0.717, 1.165) is 74.2 Å². The Kier molecular flexibility index (Phi) is 7.60. The van der Waals surface area contributed by atoms with E-state index in [1.807, 2.05) is 43.3 Å². The van der Waals surface area contributed by atoms with Crippen LogP contribution in [0.2, 0.25) is 0 Å². The monoisotopic (exact) mass is 493 g/mol. The van der Waals surface area contributed by atoms with E-state index in [1.54, 1.807) is 0 Å². The molecule has 184 valence electrons. The molecule has 1 aromatic carbocycles. The third-order valence-corrected chi connectivity index (χ3v) is 6.92. The van der Waals surface area contributed by atoms with Crippen LogP contribution >= 0.6 is 11.8 Å². The smallest absolute Gasteiger partial charge is 0.196 e. The molecule has 35 heavy (non-hydrogen) atoms. The first-order valence-electron chi connectivity index (χ1n) is 12.1. The number of ether oxygens (including phenoxy) is 1. The lowest BCUT2D eigenvalue weighted by atomic mass is 10.1. The van der Waals surface area contributed by atoms with Crippen molar-refractivity contribution in [1.29, 1.82) is 0 Å². The minimum atomic E-state index is 0.292. The summed E-state index contributed by atoms with van der Waals surface area (Å²) in [5.74, 6) is 2.79. The summed E-state index contributed by atoms with van der Waals surface area (Å²) < 4.78 is 5.43. The molecule has 2 aromatic heterocycles. The van der Waals surface area contributed by atoms with Crippen LogP contribution in [0.3, 0.4) is 0 Å². The van der Waals surface area contributed by atoms with E-state index in [2.05, 4.69) is 25.7 Å². The Morgan fingerprint density at radius 3 is 2.60 bits per heavy atom. The fraction of sp³-hybridized carbons (Fsp3) is 0.440. The molecule has 5 rings (SSSR count). The fourth-order valence-corrected chi connectivity index (χ4v) is 4.71. The van der Waals surface area contributed by atoms with E-state index in [4.69, 9.17) is 14.7 Å². The summed E-state index contributed by atoms with van der Waals surface area (Å²) >= 11 is 1.50. The minimum absolute atomic E-state index is 0.292. The van der Waals surface area contributed by atoms with Crippen molar-refractivity contribution in [2.24, 2.45) is 5.92 Å². The summed E-state index contributed by atoms with van der Waals surface area (Å²) in [6.07, 6.45) is 2.62. The summed E-state index contributed by atoms with van der Waals surface area (Å²) in [7, 11) is 0. The summed E-state index contributed by atoms with van der Waals surface area (Å²) in [5, 5.41) is 14.5. The second-order valence-corrected chi connectivity index (χ2v) is 10.1.